The van der Waals surface area contributed by atoms with Gasteiger partial charge < -0.3 is 15.4 Å². The third-order valence-corrected chi connectivity index (χ3v) is 5.04. The summed E-state index contributed by atoms with van der Waals surface area (Å²) < 4.78 is 43.1. The van der Waals surface area contributed by atoms with Crippen molar-refractivity contribution >= 4 is 39.8 Å². The van der Waals surface area contributed by atoms with Gasteiger partial charge in [-0.05, 0) is 26.0 Å². The van der Waals surface area contributed by atoms with Crippen LogP contribution in [0.1, 0.15) is 13.8 Å². The lowest BCUT2D eigenvalue weighted by Gasteiger charge is -2.24. The fourth-order valence-electron chi connectivity index (χ4n) is 1.70. The van der Waals surface area contributed by atoms with Crippen LogP contribution < -0.4 is 10.6 Å². The third-order valence-electron chi connectivity index (χ3n) is 3.29. The molecule has 0 heterocycles. The summed E-state index contributed by atoms with van der Waals surface area (Å²) in [6, 6.07) is 5.35. The molecule has 9 heteroatoms. The molecule has 2 N–H and O–H groups in total. The van der Waals surface area contributed by atoms with Crippen molar-refractivity contribution in [1.82, 2.24) is 10.6 Å². The molecule has 0 aliphatic rings. The number of methoxy groups -OCH3 is 1. The van der Waals surface area contributed by atoms with Gasteiger partial charge in [0.15, 0.2) is 15.8 Å². The molecule has 0 aliphatic heterocycles. The molecule has 1 aromatic rings. The van der Waals surface area contributed by atoms with Crippen molar-refractivity contribution in [3.63, 3.8) is 0 Å². The van der Waals surface area contributed by atoms with Gasteiger partial charge in [-0.2, -0.15) is 0 Å². The standard InChI is InChI=1S/C15H24FN3O3S.HI/c1-15(2,22-4)11-19-14(17-3)18-9-10-23(20,21)13-8-6-5-7-12(13)16;/h5-8H,9-11H2,1-4H3,(H2,17,18,19);1H. The first kappa shape index (κ1) is 23.1. The highest BCUT2D eigenvalue weighted by Crippen LogP contribution is 2.14. The first-order chi connectivity index (χ1) is 10.7. The van der Waals surface area contributed by atoms with Crippen LogP contribution in [0.4, 0.5) is 4.39 Å². The molecule has 0 atom stereocenters. The molecule has 0 amide bonds. The molecule has 0 saturated carbocycles. The summed E-state index contributed by atoms with van der Waals surface area (Å²) in [4.78, 5) is 3.72. The SMILES string of the molecule is CN=C(NCCS(=O)(=O)c1ccccc1F)NCC(C)(C)OC.I. The van der Waals surface area contributed by atoms with Crippen molar-refractivity contribution < 1.29 is 17.5 Å². The Morgan fingerprint density at radius 1 is 1.29 bits per heavy atom. The van der Waals surface area contributed by atoms with Gasteiger partial charge in [0.05, 0.1) is 11.4 Å². The molecule has 6 nitrogen and oxygen atoms in total. The van der Waals surface area contributed by atoms with Gasteiger partial charge >= 0.3 is 0 Å². The minimum Gasteiger partial charge on any atom is -0.377 e. The lowest BCUT2D eigenvalue weighted by molar-refractivity contribution is 0.0268. The van der Waals surface area contributed by atoms with E-state index in [0.717, 1.165) is 6.07 Å². The van der Waals surface area contributed by atoms with E-state index in [4.69, 9.17) is 4.74 Å². The summed E-state index contributed by atoms with van der Waals surface area (Å²) >= 11 is 0. The fourth-order valence-corrected chi connectivity index (χ4v) is 2.94. The molecule has 138 valence electrons. The average Bonchev–Trinajstić information content (AvgIpc) is 2.50. The zero-order chi connectivity index (χ0) is 17.5. The molecule has 1 aromatic carbocycles. The number of halogens is 2. The number of hydrogen-bond donors (Lipinski definition) is 2. The van der Waals surface area contributed by atoms with Crippen LogP contribution in [0.2, 0.25) is 0 Å². The minimum absolute atomic E-state index is 0. The Labute approximate surface area is 160 Å². The van der Waals surface area contributed by atoms with Crippen molar-refractivity contribution in [2.75, 3.05) is 33.0 Å². The van der Waals surface area contributed by atoms with Gasteiger partial charge in [-0.3, -0.25) is 4.99 Å². The highest BCUT2D eigenvalue weighted by atomic mass is 127. The van der Waals surface area contributed by atoms with Gasteiger partial charge in [0.2, 0.25) is 0 Å². The Balaban J connectivity index is 0.00000529. The molecule has 0 unspecified atom stereocenters. The van der Waals surface area contributed by atoms with Gasteiger partial charge in [-0.1, -0.05) is 12.1 Å². The molecular weight excluding hydrogens is 448 g/mol. The summed E-state index contributed by atoms with van der Waals surface area (Å²) in [5.41, 5.74) is -0.378. The lowest BCUT2D eigenvalue weighted by atomic mass is 10.1. The predicted octanol–water partition coefficient (Wildman–Crippen LogP) is 1.81. The summed E-state index contributed by atoms with van der Waals surface area (Å²) in [6.07, 6.45) is 0. The van der Waals surface area contributed by atoms with E-state index < -0.39 is 15.7 Å². The van der Waals surface area contributed by atoms with Gasteiger partial charge in [-0.25, -0.2) is 12.8 Å². The van der Waals surface area contributed by atoms with Crippen LogP contribution in [0.25, 0.3) is 0 Å². The number of rotatable bonds is 7. The van der Waals surface area contributed by atoms with Gasteiger partial charge in [0.1, 0.15) is 10.7 Å². The van der Waals surface area contributed by atoms with E-state index in [1.165, 1.54) is 18.2 Å². The van der Waals surface area contributed by atoms with E-state index in [1.54, 1.807) is 14.2 Å². The zero-order valence-electron chi connectivity index (χ0n) is 14.3. The smallest absolute Gasteiger partial charge is 0.191 e. The summed E-state index contributed by atoms with van der Waals surface area (Å²) in [5, 5.41) is 5.94. The normalized spacial score (nSPS) is 12.5. The molecule has 0 aliphatic carbocycles. The van der Waals surface area contributed by atoms with Crippen molar-refractivity contribution in [3.05, 3.63) is 30.1 Å². The molecule has 0 radical (unpaired) electrons. The minimum atomic E-state index is -3.69. The second-order valence-corrected chi connectivity index (χ2v) is 7.64. The Morgan fingerprint density at radius 2 is 1.92 bits per heavy atom. The van der Waals surface area contributed by atoms with Crippen LogP contribution in [0.5, 0.6) is 0 Å². The first-order valence-electron chi connectivity index (χ1n) is 7.19. The molecule has 0 fully saturated rings. The van der Waals surface area contributed by atoms with Gasteiger partial charge in [0, 0.05) is 27.2 Å². The maximum atomic E-state index is 13.6. The highest BCUT2D eigenvalue weighted by Gasteiger charge is 2.19. The van der Waals surface area contributed by atoms with Crippen LogP contribution in [-0.4, -0.2) is 53.0 Å². The van der Waals surface area contributed by atoms with E-state index in [2.05, 4.69) is 15.6 Å². The number of nitrogens with zero attached hydrogens (tertiary/aromatic N) is 1. The summed E-state index contributed by atoms with van der Waals surface area (Å²) in [7, 11) is -0.494. The molecule has 1 rings (SSSR count). The Hall–Kier alpha value is -0.940. The number of hydrogen-bond acceptors (Lipinski definition) is 4. The first-order valence-corrected chi connectivity index (χ1v) is 8.84. The number of guanidine groups is 1. The average molecular weight is 473 g/mol. The lowest BCUT2D eigenvalue weighted by Crippen LogP contribution is -2.46. The number of benzene rings is 1. The monoisotopic (exact) mass is 473 g/mol. The summed E-state index contributed by atoms with van der Waals surface area (Å²) in [5.74, 6) is -0.516. The second kappa shape index (κ2) is 10.1. The zero-order valence-corrected chi connectivity index (χ0v) is 17.4. The highest BCUT2D eigenvalue weighted by molar-refractivity contribution is 14.0. The molecular formula is C15H25FIN3O3S. The second-order valence-electron chi connectivity index (χ2n) is 5.57. The van der Waals surface area contributed by atoms with Crippen LogP contribution >= 0.6 is 24.0 Å². The van der Waals surface area contributed by atoms with Crippen LogP contribution in [0.3, 0.4) is 0 Å². The van der Waals surface area contributed by atoms with E-state index in [9.17, 15) is 12.8 Å². The Bertz CT molecular complexity index is 651. The maximum absolute atomic E-state index is 13.6. The largest absolute Gasteiger partial charge is 0.377 e. The topological polar surface area (TPSA) is 79.8 Å². The predicted molar refractivity (Wildman–Crippen MR) is 104 cm³/mol. The van der Waals surface area contributed by atoms with Gasteiger partial charge in [-0.15, -0.1) is 24.0 Å². The van der Waals surface area contributed by atoms with Crippen molar-refractivity contribution in [1.29, 1.82) is 0 Å². The van der Waals surface area contributed by atoms with Crippen LogP contribution in [0.15, 0.2) is 34.2 Å². The molecule has 0 aromatic heterocycles. The number of sulfone groups is 1. The Morgan fingerprint density at radius 3 is 2.46 bits per heavy atom. The number of aliphatic imine (C=N–C) groups is 1. The van der Waals surface area contributed by atoms with Crippen molar-refractivity contribution in [3.8, 4) is 0 Å². The number of ether oxygens (including phenoxy) is 1. The van der Waals surface area contributed by atoms with E-state index in [0.29, 0.717) is 12.5 Å². The van der Waals surface area contributed by atoms with Crippen molar-refractivity contribution in [2.24, 2.45) is 4.99 Å². The fraction of sp³-hybridized carbons (Fsp3) is 0.533. The number of nitrogens with one attached hydrogen (secondary N) is 2. The molecule has 0 bridgehead atoms. The van der Waals surface area contributed by atoms with E-state index in [1.807, 2.05) is 13.8 Å². The maximum Gasteiger partial charge on any atom is 0.191 e. The molecule has 24 heavy (non-hydrogen) atoms. The van der Waals surface area contributed by atoms with Gasteiger partial charge in [0.25, 0.3) is 0 Å². The van der Waals surface area contributed by atoms with E-state index in [-0.39, 0.29) is 46.8 Å². The van der Waals surface area contributed by atoms with Crippen LogP contribution in [0, 0.1) is 5.82 Å². The third kappa shape index (κ3) is 7.31. The van der Waals surface area contributed by atoms with Crippen LogP contribution in [-0.2, 0) is 14.6 Å². The van der Waals surface area contributed by atoms with Crippen molar-refractivity contribution in [2.45, 2.75) is 24.3 Å². The molecule has 0 saturated heterocycles. The quantitative estimate of drug-likeness (QED) is 0.359. The van der Waals surface area contributed by atoms with E-state index >= 15 is 0 Å². The summed E-state index contributed by atoms with van der Waals surface area (Å²) in [6.45, 7) is 4.44. The Kier molecular flexibility index (Phi) is 9.74. The molecule has 0 spiro atoms.